The molecular formula is C16H35N5. The molecular weight excluding hydrogens is 262 g/mol. The zero-order valence-electron chi connectivity index (χ0n) is 14.3. The van der Waals surface area contributed by atoms with E-state index in [9.17, 15) is 0 Å². The third-order valence-electron chi connectivity index (χ3n) is 4.49. The zero-order valence-corrected chi connectivity index (χ0v) is 14.3. The SMILES string of the molecule is CCN(CC)CCCN(CC)C(=NC1CCCCC1)NN. The number of rotatable bonds is 8. The smallest absolute Gasteiger partial charge is 0.208 e. The Kier molecular flexibility index (Phi) is 9.42. The Morgan fingerprint density at radius 2 is 1.71 bits per heavy atom. The van der Waals surface area contributed by atoms with E-state index in [2.05, 4.69) is 36.0 Å². The van der Waals surface area contributed by atoms with E-state index in [4.69, 9.17) is 10.8 Å². The van der Waals surface area contributed by atoms with Gasteiger partial charge in [-0.1, -0.05) is 33.1 Å². The van der Waals surface area contributed by atoms with Crippen molar-refractivity contribution in [3.8, 4) is 0 Å². The Labute approximate surface area is 130 Å². The molecule has 0 heterocycles. The fourth-order valence-electron chi connectivity index (χ4n) is 3.03. The van der Waals surface area contributed by atoms with E-state index in [0.717, 1.165) is 45.1 Å². The van der Waals surface area contributed by atoms with Crippen LogP contribution in [0.3, 0.4) is 0 Å². The normalized spacial score (nSPS) is 17.3. The van der Waals surface area contributed by atoms with Gasteiger partial charge in [0.25, 0.3) is 0 Å². The van der Waals surface area contributed by atoms with Crippen molar-refractivity contribution in [2.75, 3.05) is 32.7 Å². The van der Waals surface area contributed by atoms with Crippen LogP contribution in [-0.4, -0.2) is 54.5 Å². The van der Waals surface area contributed by atoms with Crippen LogP contribution in [0.25, 0.3) is 0 Å². The average molecular weight is 297 g/mol. The van der Waals surface area contributed by atoms with E-state index in [-0.39, 0.29) is 0 Å². The van der Waals surface area contributed by atoms with Crippen LogP contribution in [0.1, 0.15) is 59.3 Å². The molecule has 124 valence electrons. The maximum absolute atomic E-state index is 5.72. The first-order valence-corrected chi connectivity index (χ1v) is 8.76. The monoisotopic (exact) mass is 297 g/mol. The molecule has 5 nitrogen and oxygen atoms in total. The largest absolute Gasteiger partial charge is 0.342 e. The van der Waals surface area contributed by atoms with Crippen LogP contribution < -0.4 is 11.3 Å². The van der Waals surface area contributed by atoms with Crippen molar-refractivity contribution in [1.82, 2.24) is 15.2 Å². The fourth-order valence-corrected chi connectivity index (χ4v) is 3.03. The number of nitrogens with zero attached hydrogens (tertiary/aromatic N) is 3. The highest BCUT2D eigenvalue weighted by Crippen LogP contribution is 2.20. The van der Waals surface area contributed by atoms with Gasteiger partial charge in [-0.3, -0.25) is 5.43 Å². The number of guanidine groups is 1. The molecule has 1 rings (SSSR count). The maximum Gasteiger partial charge on any atom is 0.208 e. The van der Waals surface area contributed by atoms with Crippen LogP contribution in [-0.2, 0) is 0 Å². The molecule has 3 N–H and O–H groups in total. The molecule has 1 fully saturated rings. The summed E-state index contributed by atoms with van der Waals surface area (Å²) in [5, 5.41) is 0. The second kappa shape index (κ2) is 10.9. The Bertz CT molecular complexity index is 282. The molecule has 1 aliphatic rings. The van der Waals surface area contributed by atoms with Gasteiger partial charge in [0, 0.05) is 13.1 Å². The van der Waals surface area contributed by atoms with E-state index in [1.165, 1.54) is 32.1 Å². The van der Waals surface area contributed by atoms with Crippen LogP contribution in [0.2, 0.25) is 0 Å². The molecule has 0 amide bonds. The summed E-state index contributed by atoms with van der Waals surface area (Å²) in [5.41, 5.74) is 2.83. The van der Waals surface area contributed by atoms with Crippen molar-refractivity contribution in [1.29, 1.82) is 0 Å². The summed E-state index contributed by atoms with van der Waals surface area (Å²) in [4.78, 5) is 9.59. The van der Waals surface area contributed by atoms with Crippen molar-refractivity contribution < 1.29 is 0 Å². The number of hydrazine groups is 1. The molecule has 0 aromatic rings. The number of hydrogen-bond donors (Lipinski definition) is 2. The first kappa shape index (κ1) is 18.2. The van der Waals surface area contributed by atoms with Gasteiger partial charge in [-0.25, -0.2) is 10.8 Å². The van der Waals surface area contributed by atoms with Crippen LogP contribution in [0.4, 0.5) is 0 Å². The van der Waals surface area contributed by atoms with E-state index < -0.39 is 0 Å². The topological polar surface area (TPSA) is 56.9 Å². The molecule has 5 heteroatoms. The lowest BCUT2D eigenvalue weighted by Gasteiger charge is -2.28. The summed E-state index contributed by atoms with van der Waals surface area (Å²) < 4.78 is 0. The van der Waals surface area contributed by atoms with Crippen LogP contribution in [0.15, 0.2) is 4.99 Å². The van der Waals surface area contributed by atoms with E-state index in [1.807, 2.05) is 0 Å². The summed E-state index contributed by atoms with van der Waals surface area (Å²) in [6.45, 7) is 12.0. The highest BCUT2D eigenvalue weighted by molar-refractivity contribution is 5.79. The van der Waals surface area contributed by atoms with Gasteiger partial charge in [0.2, 0.25) is 5.96 Å². The molecule has 0 atom stereocenters. The van der Waals surface area contributed by atoms with Gasteiger partial charge >= 0.3 is 0 Å². The summed E-state index contributed by atoms with van der Waals surface area (Å²) in [7, 11) is 0. The van der Waals surface area contributed by atoms with Gasteiger partial charge in [0.15, 0.2) is 0 Å². The van der Waals surface area contributed by atoms with Gasteiger partial charge in [-0.2, -0.15) is 0 Å². The number of nitrogens with one attached hydrogen (secondary N) is 1. The Morgan fingerprint density at radius 1 is 1.05 bits per heavy atom. The Balaban J connectivity index is 2.48. The Hall–Kier alpha value is -0.810. The molecule has 1 saturated carbocycles. The van der Waals surface area contributed by atoms with Gasteiger partial charge in [-0.15, -0.1) is 0 Å². The number of hydrogen-bond acceptors (Lipinski definition) is 3. The molecule has 0 aliphatic heterocycles. The standard InChI is InChI=1S/C16H35N5/c1-4-20(5-2)13-10-14-21(6-3)16(19-17)18-15-11-8-7-9-12-15/h15H,4-14,17H2,1-3H3,(H,18,19). The van der Waals surface area contributed by atoms with Crippen molar-refractivity contribution in [2.24, 2.45) is 10.8 Å². The molecule has 0 bridgehead atoms. The minimum absolute atomic E-state index is 0.460. The van der Waals surface area contributed by atoms with E-state index >= 15 is 0 Å². The molecule has 0 aromatic heterocycles. The van der Waals surface area contributed by atoms with E-state index in [1.54, 1.807) is 0 Å². The number of aliphatic imine (C=N–C) groups is 1. The molecule has 0 radical (unpaired) electrons. The highest BCUT2D eigenvalue weighted by Gasteiger charge is 2.15. The predicted octanol–water partition coefficient (Wildman–Crippen LogP) is 2.19. The third kappa shape index (κ3) is 6.66. The quantitative estimate of drug-likeness (QED) is 0.312. The molecule has 0 spiro atoms. The number of nitrogens with two attached hydrogens (primary N) is 1. The molecule has 21 heavy (non-hydrogen) atoms. The van der Waals surface area contributed by atoms with Gasteiger partial charge in [-0.05, 0) is 45.8 Å². The summed E-state index contributed by atoms with van der Waals surface area (Å²) >= 11 is 0. The molecule has 0 saturated heterocycles. The summed E-state index contributed by atoms with van der Waals surface area (Å²) in [6, 6.07) is 0.460. The van der Waals surface area contributed by atoms with Crippen molar-refractivity contribution >= 4 is 5.96 Å². The Morgan fingerprint density at radius 3 is 2.24 bits per heavy atom. The maximum atomic E-state index is 5.72. The lowest BCUT2D eigenvalue weighted by atomic mass is 9.96. The van der Waals surface area contributed by atoms with Crippen molar-refractivity contribution in [3.05, 3.63) is 0 Å². The zero-order chi connectivity index (χ0) is 15.5. The second-order valence-electron chi connectivity index (χ2n) is 5.85. The summed E-state index contributed by atoms with van der Waals surface area (Å²) in [6.07, 6.45) is 7.55. The minimum Gasteiger partial charge on any atom is -0.342 e. The molecule has 0 unspecified atom stereocenters. The first-order valence-electron chi connectivity index (χ1n) is 8.76. The van der Waals surface area contributed by atoms with Gasteiger partial charge in [0.1, 0.15) is 0 Å². The summed E-state index contributed by atoms with van der Waals surface area (Å²) in [5.74, 6) is 6.60. The fraction of sp³-hybridized carbons (Fsp3) is 0.938. The van der Waals surface area contributed by atoms with Crippen molar-refractivity contribution in [3.63, 3.8) is 0 Å². The van der Waals surface area contributed by atoms with Gasteiger partial charge < -0.3 is 9.80 Å². The predicted molar refractivity (Wildman–Crippen MR) is 91.3 cm³/mol. The minimum atomic E-state index is 0.460. The van der Waals surface area contributed by atoms with E-state index in [0.29, 0.717) is 6.04 Å². The first-order chi connectivity index (χ1) is 10.2. The molecule has 1 aliphatic carbocycles. The van der Waals surface area contributed by atoms with Crippen LogP contribution >= 0.6 is 0 Å². The lowest BCUT2D eigenvalue weighted by molar-refractivity contribution is 0.281. The van der Waals surface area contributed by atoms with Crippen LogP contribution in [0.5, 0.6) is 0 Å². The highest BCUT2D eigenvalue weighted by atomic mass is 15.4. The lowest BCUT2D eigenvalue weighted by Crippen LogP contribution is -2.46. The second-order valence-corrected chi connectivity index (χ2v) is 5.85. The molecule has 0 aromatic carbocycles. The average Bonchev–Trinajstić information content (AvgIpc) is 2.54. The van der Waals surface area contributed by atoms with Gasteiger partial charge in [0.05, 0.1) is 6.04 Å². The van der Waals surface area contributed by atoms with Crippen molar-refractivity contribution in [2.45, 2.75) is 65.3 Å². The third-order valence-corrected chi connectivity index (χ3v) is 4.49. The van der Waals surface area contributed by atoms with Crippen LogP contribution in [0, 0.1) is 0 Å².